The summed E-state index contributed by atoms with van der Waals surface area (Å²) in [6.07, 6.45) is 2.44. The number of methoxy groups -OCH3 is 1. The van der Waals surface area contributed by atoms with Crippen LogP contribution < -0.4 is 10.5 Å². The largest absolute Gasteiger partial charge is 0.496 e. The Morgan fingerprint density at radius 1 is 1.28 bits per heavy atom. The van der Waals surface area contributed by atoms with Crippen LogP contribution in [0.2, 0.25) is 0 Å². The fourth-order valence-corrected chi connectivity index (χ4v) is 2.74. The Bertz CT molecular complexity index is 453. The van der Waals surface area contributed by atoms with Crippen molar-refractivity contribution in [2.45, 2.75) is 51.4 Å². The second-order valence-electron chi connectivity index (χ2n) is 6.60. The molecule has 0 atom stereocenters. The van der Waals surface area contributed by atoms with E-state index in [1.807, 2.05) is 0 Å². The van der Waals surface area contributed by atoms with Crippen LogP contribution in [0, 0.1) is 6.92 Å². The molecule has 1 aliphatic carbocycles. The van der Waals surface area contributed by atoms with Crippen LogP contribution in [0.15, 0.2) is 12.1 Å². The zero-order valence-electron chi connectivity index (χ0n) is 12.3. The SMILES string of the molecule is COc1cc(C)c(C2(CN)CC2)cc1C(C)(C)C. The number of nitrogens with two attached hydrogens (primary N) is 1. The molecular weight excluding hydrogens is 222 g/mol. The van der Waals surface area contributed by atoms with Crippen molar-refractivity contribution in [2.75, 3.05) is 13.7 Å². The molecule has 0 heterocycles. The van der Waals surface area contributed by atoms with E-state index in [4.69, 9.17) is 10.5 Å². The predicted octanol–water partition coefficient (Wildman–Crippen LogP) is 3.29. The summed E-state index contributed by atoms with van der Waals surface area (Å²) in [6, 6.07) is 4.50. The standard InChI is InChI=1S/C16H25NO/c1-11-8-14(18-5)13(15(2,3)4)9-12(11)16(10-17)6-7-16/h8-9H,6-7,10,17H2,1-5H3. The third-order valence-electron chi connectivity index (χ3n) is 4.17. The summed E-state index contributed by atoms with van der Waals surface area (Å²) in [5.74, 6) is 0.997. The van der Waals surface area contributed by atoms with Gasteiger partial charge in [0.2, 0.25) is 0 Å². The number of aryl methyl sites for hydroxylation is 1. The Labute approximate surface area is 111 Å². The third-order valence-corrected chi connectivity index (χ3v) is 4.17. The zero-order chi connectivity index (χ0) is 13.6. The van der Waals surface area contributed by atoms with E-state index >= 15 is 0 Å². The van der Waals surface area contributed by atoms with Gasteiger partial charge in [-0.3, -0.25) is 0 Å². The first-order chi connectivity index (χ1) is 8.34. The van der Waals surface area contributed by atoms with Crippen LogP contribution in [0.25, 0.3) is 0 Å². The van der Waals surface area contributed by atoms with E-state index in [1.165, 1.54) is 29.5 Å². The van der Waals surface area contributed by atoms with Gasteiger partial charge < -0.3 is 10.5 Å². The zero-order valence-corrected chi connectivity index (χ0v) is 12.3. The Kier molecular flexibility index (Phi) is 3.18. The minimum atomic E-state index is 0.0957. The summed E-state index contributed by atoms with van der Waals surface area (Å²) in [7, 11) is 1.75. The molecule has 1 saturated carbocycles. The fraction of sp³-hybridized carbons (Fsp3) is 0.625. The van der Waals surface area contributed by atoms with Crippen LogP contribution in [0.4, 0.5) is 0 Å². The van der Waals surface area contributed by atoms with Gasteiger partial charge >= 0.3 is 0 Å². The molecule has 1 fully saturated rings. The summed E-state index contributed by atoms with van der Waals surface area (Å²) in [5, 5.41) is 0. The second-order valence-corrected chi connectivity index (χ2v) is 6.60. The molecule has 0 aromatic heterocycles. The van der Waals surface area contributed by atoms with Crippen molar-refractivity contribution in [3.8, 4) is 5.75 Å². The molecule has 0 radical (unpaired) electrons. The summed E-state index contributed by atoms with van der Waals surface area (Å²) in [4.78, 5) is 0. The van der Waals surface area contributed by atoms with Crippen molar-refractivity contribution in [2.24, 2.45) is 5.73 Å². The summed E-state index contributed by atoms with van der Waals surface area (Å²) < 4.78 is 5.54. The highest BCUT2D eigenvalue weighted by molar-refractivity contribution is 5.50. The highest BCUT2D eigenvalue weighted by atomic mass is 16.5. The van der Waals surface area contributed by atoms with Crippen LogP contribution in [0.3, 0.4) is 0 Å². The molecule has 1 aromatic rings. The van der Waals surface area contributed by atoms with Gasteiger partial charge in [0.1, 0.15) is 5.75 Å². The lowest BCUT2D eigenvalue weighted by Gasteiger charge is -2.26. The monoisotopic (exact) mass is 247 g/mol. The maximum absolute atomic E-state index is 5.97. The maximum Gasteiger partial charge on any atom is 0.122 e. The Balaban J connectivity index is 2.57. The van der Waals surface area contributed by atoms with E-state index in [-0.39, 0.29) is 10.8 Å². The summed E-state index contributed by atoms with van der Waals surface area (Å²) >= 11 is 0. The molecule has 0 bridgehead atoms. The molecule has 0 spiro atoms. The Hall–Kier alpha value is -1.02. The minimum absolute atomic E-state index is 0.0957. The van der Waals surface area contributed by atoms with Gasteiger partial charge in [0.05, 0.1) is 7.11 Å². The fourth-order valence-electron chi connectivity index (χ4n) is 2.74. The molecule has 0 aliphatic heterocycles. The number of benzene rings is 1. The van der Waals surface area contributed by atoms with E-state index in [1.54, 1.807) is 7.11 Å². The summed E-state index contributed by atoms with van der Waals surface area (Å²) in [5.41, 5.74) is 10.3. The lowest BCUT2D eigenvalue weighted by Crippen LogP contribution is -2.22. The average Bonchev–Trinajstić information content (AvgIpc) is 3.07. The quantitative estimate of drug-likeness (QED) is 0.889. The van der Waals surface area contributed by atoms with Gasteiger partial charge in [0.15, 0.2) is 0 Å². The highest BCUT2D eigenvalue weighted by Gasteiger charge is 2.44. The van der Waals surface area contributed by atoms with Gasteiger partial charge in [-0.1, -0.05) is 26.8 Å². The van der Waals surface area contributed by atoms with Crippen molar-refractivity contribution in [3.05, 3.63) is 28.8 Å². The first-order valence-corrected chi connectivity index (χ1v) is 6.74. The molecule has 1 aliphatic rings. The van der Waals surface area contributed by atoms with Gasteiger partial charge in [-0.2, -0.15) is 0 Å². The van der Waals surface area contributed by atoms with Gasteiger partial charge in [-0.05, 0) is 47.9 Å². The molecule has 2 heteroatoms. The number of hydrogen-bond acceptors (Lipinski definition) is 2. The van der Waals surface area contributed by atoms with Crippen molar-refractivity contribution < 1.29 is 4.74 Å². The second kappa shape index (κ2) is 4.27. The van der Waals surface area contributed by atoms with E-state index in [0.717, 1.165) is 12.3 Å². The van der Waals surface area contributed by atoms with Crippen LogP contribution in [-0.4, -0.2) is 13.7 Å². The van der Waals surface area contributed by atoms with Crippen LogP contribution in [-0.2, 0) is 10.8 Å². The Morgan fingerprint density at radius 2 is 1.89 bits per heavy atom. The van der Waals surface area contributed by atoms with Crippen molar-refractivity contribution >= 4 is 0 Å². The summed E-state index contributed by atoms with van der Waals surface area (Å²) in [6.45, 7) is 9.60. The molecule has 2 N–H and O–H groups in total. The molecule has 0 saturated heterocycles. The first kappa shape index (κ1) is 13.4. The lowest BCUT2D eigenvalue weighted by atomic mass is 9.81. The molecule has 0 unspecified atom stereocenters. The minimum Gasteiger partial charge on any atom is -0.496 e. The Morgan fingerprint density at radius 3 is 2.28 bits per heavy atom. The molecule has 2 nitrogen and oxygen atoms in total. The van der Waals surface area contributed by atoms with Crippen molar-refractivity contribution in [1.29, 1.82) is 0 Å². The van der Waals surface area contributed by atoms with E-state index < -0.39 is 0 Å². The average molecular weight is 247 g/mol. The normalized spacial score (nSPS) is 17.7. The van der Waals surface area contributed by atoms with Gasteiger partial charge in [0.25, 0.3) is 0 Å². The molecule has 1 aromatic carbocycles. The number of rotatable bonds is 3. The van der Waals surface area contributed by atoms with Crippen LogP contribution >= 0.6 is 0 Å². The van der Waals surface area contributed by atoms with E-state index in [2.05, 4.69) is 39.8 Å². The predicted molar refractivity (Wildman–Crippen MR) is 76.4 cm³/mol. The maximum atomic E-state index is 5.97. The molecule has 18 heavy (non-hydrogen) atoms. The molecule has 100 valence electrons. The van der Waals surface area contributed by atoms with Gasteiger partial charge in [0, 0.05) is 12.0 Å². The van der Waals surface area contributed by atoms with Crippen molar-refractivity contribution in [3.63, 3.8) is 0 Å². The molecular formula is C16H25NO. The number of hydrogen-bond donors (Lipinski definition) is 1. The van der Waals surface area contributed by atoms with Crippen LogP contribution in [0.5, 0.6) is 5.75 Å². The third kappa shape index (κ3) is 2.14. The highest BCUT2D eigenvalue weighted by Crippen LogP contribution is 2.50. The topological polar surface area (TPSA) is 35.2 Å². The first-order valence-electron chi connectivity index (χ1n) is 6.74. The van der Waals surface area contributed by atoms with E-state index in [9.17, 15) is 0 Å². The molecule has 2 rings (SSSR count). The van der Waals surface area contributed by atoms with Crippen molar-refractivity contribution in [1.82, 2.24) is 0 Å². The van der Waals surface area contributed by atoms with E-state index in [0.29, 0.717) is 0 Å². The lowest BCUT2D eigenvalue weighted by molar-refractivity contribution is 0.396. The van der Waals surface area contributed by atoms with Gasteiger partial charge in [-0.15, -0.1) is 0 Å². The van der Waals surface area contributed by atoms with Crippen LogP contribution in [0.1, 0.15) is 50.3 Å². The molecule has 0 amide bonds. The van der Waals surface area contributed by atoms with Gasteiger partial charge in [-0.25, -0.2) is 0 Å². The number of ether oxygens (including phenoxy) is 1. The smallest absolute Gasteiger partial charge is 0.122 e.